The smallest absolute Gasteiger partial charge is 0.134 e. The van der Waals surface area contributed by atoms with Crippen LogP contribution in [0, 0.1) is 13.8 Å². The lowest BCUT2D eigenvalue weighted by Gasteiger charge is -2.13. The lowest BCUT2D eigenvalue weighted by atomic mass is 10.1. The van der Waals surface area contributed by atoms with Crippen molar-refractivity contribution >= 4 is 11.6 Å². The highest BCUT2D eigenvalue weighted by atomic mass is 15.1. The first-order valence-corrected chi connectivity index (χ1v) is 7.06. The van der Waals surface area contributed by atoms with Crippen LogP contribution in [0.2, 0.25) is 0 Å². The third kappa shape index (κ3) is 3.47. The maximum Gasteiger partial charge on any atom is 0.134 e. The average Bonchev–Trinajstić information content (AvgIpc) is 2.46. The van der Waals surface area contributed by atoms with E-state index in [0.29, 0.717) is 0 Å². The highest BCUT2D eigenvalue weighted by molar-refractivity contribution is 5.56. The molecule has 4 heteroatoms. The second kappa shape index (κ2) is 6.89. The quantitative estimate of drug-likeness (QED) is 0.843. The fourth-order valence-electron chi connectivity index (χ4n) is 2.04. The Morgan fingerprint density at radius 3 is 2.40 bits per heavy atom. The Hall–Kier alpha value is -2.10. The zero-order valence-corrected chi connectivity index (χ0v) is 12.4. The molecule has 2 rings (SSSR count). The summed E-state index contributed by atoms with van der Waals surface area (Å²) in [5.41, 5.74) is 3.64. The van der Waals surface area contributed by atoms with Crippen molar-refractivity contribution in [1.29, 1.82) is 0 Å². The normalized spacial score (nSPS) is 10.3. The third-order valence-electron chi connectivity index (χ3n) is 3.33. The number of rotatable bonds is 6. The zero-order valence-electron chi connectivity index (χ0n) is 12.4. The highest BCUT2D eigenvalue weighted by Crippen LogP contribution is 2.19. The molecule has 2 aromatic rings. The maximum absolute atomic E-state index is 4.33. The van der Waals surface area contributed by atoms with Crippen molar-refractivity contribution < 1.29 is 0 Å². The van der Waals surface area contributed by atoms with Gasteiger partial charge in [-0.1, -0.05) is 31.2 Å². The largest absolute Gasteiger partial charge is 0.370 e. The van der Waals surface area contributed by atoms with E-state index in [4.69, 9.17) is 0 Å². The Morgan fingerprint density at radius 1 is 1.00 bits per heavy atom. The molecule has 0 saturated heterocycles. The molecular formula is C16H22N4. The molecule has 0 aliphatic carbocycles. The number of nitrogens with one attached hydrogen (secondary N) is 2. The van der Waals surface area contributed by atoms with Gasteiger partial charge in [-0.15, -0.1) is 0 Å². The van der Waals surface area contributed by atoms with E-state index in [0.717, 1.165) is 36.7 Å². The topological polar surface area (TPSA) is 49.8 Å². The van der Waals surface area contributed by atoms with E-state index in [9.17, 15) is 0 Å². The van der Waals surface area contributed by atoms with Crippen LogP contribution in [0.4, 0.5) is 11.6 Å². The molecule has 4 nitrogen and oxygen atoms in total. The molecule has 1 heterocycles. The zero-order chi connectivity index (χ0) is 14.4. The minimum atomic E-state index is 0.776. The van der Waals surface area contributed by atoms with Crippen molar-refractivity contribution in [3.63, 3.8) is 0 Å². The summed E-state index contributed by atoms with van der Waals surface area (Å²) in [6.07, 6.45) is 2.68. The van der Waals surface area contributed by atoms with Crippen molar-refractivity contribution in [2.24, 2.45) is 0 Å². The molecule has 0 bridgehead atoms. The van der Waals surface area contributed by atoms with Crippen molar-refractivity contribution in [3.8, 4) is 0 Å². The van der Waals surface area contributed by atoms with Gasteiger partial charge in [-0.05, 0) is 31.4 Å². The van der Waals surface area contributed by atoms with E-state index in [1.165, 1.54) is 11.1 Å². The fourth-order valence-corrected chi connectivity index (χ4v) is 2.04. The van der Waals surface area contributed by atoms with Crippen LogP contribution in [-0.2, 0) is 6.54 Å². The number of benzene rings is 1. The molecule has 0 radical (unpaired) electrons. The molecule has 0 spiro atoms. The molecular weight excluding hydrogens is 248 g/mol. The molecule has 1 aromatic heterocycles. The van der Waals surface area contributed by atoms with Crippen LogP contribution in [0.25, 0.3) is 0 Å². The van der Waals surface area contributed by atoms with Gasteiger partial charge in [-0.25, -0.2) is 9.97 Å². The van der Waals surface area contributed by atoms with Crippen molar-refractivity contribution in [1.82, 2.24) is 9.97 Å². The van der Waals surface area contributed by atoms with Gasteiger partial charge in [0.1, 0.15) is 18.0 Å². The van der Waals surface area contributed by atoms with E-state index in [1.807, 2.05) is 6.92 Å². The Kier molecular flexibility index (Phi) is 4.93. The number of aryl methyl sites for hydroxylation is 1. The SMILES string of the molecule is CCCNc1ncnc(NCc2ccccc2C)c1C. The van der Waals surface area contributed by atoms with Gasteiger partial charge in [0.05, 0.1) is 0 Å². The van der Waals surface area contributed by atoms with Crippen molar-refractivity contribution in [2.75, 3.05) is 17.2 Å². The van der Waals surface area contributed by atoms with Gasteiger partial charge < -0.3 is 10.6 Å². The molecule has 2 N–H and O–H groups in total. The Bertz CT molecular complexity index is 566. The van der Waals surface area contributed by atoms with Gasteiger partial charge in [0.25, 0.3) is 0 Å². The number of nitrogens with zero attached hydrogens (tertiary/aromatic N) is 2. The van der Waals surface area contributed by atoms with E-state index >= 15 is 0 Å². The summed E-state index contributed by atoms with van der Waals surface area (Å²) in [6, 6.07) is 8.37. The fraction of sp³-hybridized carbons (Fsp3) is 0.375. The second-order valence-electron chi connectivity index (χ2n) is 4.90. The van der Waals surface area contributed by atoms with Gasteiger partial charge in [-0.2, -0.15) is 0 Å². The van der Waals surface area contributed by atoms with Gasteiger partial charge in [0, 0.05) is 18.7 Å². The molecule has 1 aromatic carbocycles. The lowest BCUT2D eigenvalue weighted by molar-refractivity contribution is 0.956. The maximum atomic E-state index is 4.33. The van der Waals surface area contributed by atoms with Crippen LogP contribution in [-0.4, -0.2) is 16.5 Å². The monoisotopic (exact) mass is 270 g/mol. The third-order valence-corrected chi connectivity index (χ3v) is 3.33. The van der Waals surface area contributed by atoms with E-state index in [1.54, 1.807) is 6.33 Å². The van der Waals surface area contributed by atoms with Gasteiger partial charge in [0.15, 0.2) is 0 Å². The summed E-state index contributed by atoms with van der Waals surface area (Å²) in [5.74, 6) is 1.80. The number of hydrogen-bond donors (Lipinski definition) is 2. The Balaban J connectivity index is 2.08. The number of anilines is 2. The minimum Gasteiger partial charge on any atom is -0.370 e. The molecule has 0 saturated carbocycles. The predicted octanol–water partition coefficient (Wildman–Crippen LogP) is 3.53. The van der Waals surface area contributed by atoms with E-state index in [-0.39, 0.29) is 0 Å². The van der Waals surface area contributed by atoms with Crippen LogP contribution in [0.5, 0.6) is 0 Å². The first-order chi connectivity index (χ1) is 9.72. The molecule has 106 valence electrons. The van der Waals surface area contributed by atoms with Crippen LogP contribution in [0.15, 0.2) is 30.6 Å². The van der Waals surface area contributed by atoms with E-state index in [2.05, 4.69) is 58.7 Å². The first-order valence-electron chi connectivity index (χ1n) is 7.06. The lowest BCUT2D eigenvalue weighted by Crippen LogP contribution is -2.09. The Labute approximate surface area is 120 Å². The molecule has 0 unspecified atom stereocenters. The summed E-state index contributed by atoms with van der Waals surface area (Å²) in [7, 11) is 0. The highest BCUT2D eigenvalue weighted by Gasteiger charge is 2.06. The summed E-state index contributed by atoms with van der Waals surface area (Å²) >= 11 is 0. The van der Waals surface area contributed by atoms with Gasteiger partial charge >= 0.3 is 0 Å². The molecule has 0 amide bonds. The number of hydrogen-bond acceptors (Lipinski definition) is 4. The minimum absolute atomic E-state index is 0.776. The standard InChI is InChI=1S/C16H22N4/c1-4-9-17-15-13(3)16(20-11-19-15)18-10-14-8-6-5-7-12(14)2/h5-8,11H,4,9-10H2,1-3H3,(H2,17,18,19,20). The van der Waals surface area contributed by atoms with Crippen LogP contribution in [0.1, 0.15) is 30.0 Å². The van der Waals surface area contributed by atoms with Gasteiger partial charge in [-0.3, -0.25) is 0 Å². The second-order valence-corrected chi connectivity index (χ2v) is 4.90. The summed E-state index contributed by atoms with van der Waals surface area (Å²) in [5, 5.41) is 6.72. The first kappa shape index (κ1) is 14.3. The molecule has 0 aliphatic heterocycles. The van der Waals surface area contributed by atoms with Crippen molar-refractivity contribution in [2.45, 2.75) is 33.7 Å². The van der Waals surface area contributed by atoms with Crippen LogP contribution < -0.4 is 10.6 Å². The van der Waals surface area contributed by atoms with Crippen LogP contribution in [0.3, 0.4) is 0 Å². The van der Waals surface area contributed by atoms with E-state index < -0.39 is 0 Å². The average molecular weight is 270 g/mol. The van der Waals surface area contributed by atoms with Crippen LogP contribution >= 0.6 is 0 Å². The Morgan fingerprint density at radius 2 is 1.70 bits per heavy atom. The molecule has 20 heavy (non-hydrogen) atoms. The molecule has 0 aliphatic rings. The molecule has 0 fully saturated rings. The molecule has 0 atom stereocenters. The number of aromatic nitrogens is 2. The summed E-state index contributed by atoms with van der Waals surface area (Å²) < 4.78 is 0. The van der Waals surface area contributed by atoms with Gasteiger partial charge in [0.2, 0.25) is 0 Å². The van der Waals surface area contributed by atoms with Crippen molar-refractivity contribution in [3.05, 3.63) is 47.3 Å². The summed E-state index contributed by atoms with van der Waals surface area (Å²) in [4.78, 5) is 8.62. The predicted molar refractivity (Wildman–Crippen MR) is 84.1 cm³/mol. The summed E-state index contributed by atoms with van der Waals surface area (Å²) in [6.45, 7) is 8.00.